The lowest BCUT2D eigenvalue weighted by Gasteiger charge is -2.23. The van der Waals surface area contributed by atoms with E-state index in [1.807, 2.05) is 18.2 Å². The van der Waals surface area contributed by atoms with Crippen LogP contribution in [-0.4, -0.2) is 40.9 Å². The smallest absolute Gasteiger partial charge is 0.342 e. The fraction of sp³-hybridized carbons (Fsp3) is 0.226. The van der Waals surface area contributed by atoms with Gasteiger partial charge in [0.2, 0.25) is 5.88 Å². The molecule has 0 saturated carbocycles. The fourth-order valence-electron chi connectivity index (χ4n) is 4.89. The van der Waals surface area contributed by atoms with Crippen molar-refractivity contribution in [3.8, 4) is 11.6 Å². The van der Waals surface area contributed by atoms with Crippen LogP contribution in [0, 0.1) is 12.7 Å². The summed E-state index contributed by atoms with van der Waals surface area (Å²) in [6.45, 7) is 3.78. The molecule has 5 rings (SSSR count). The number of aryl methyl sites for hydroxylation is 1. The zero-order valence-electron chi connectivity index (χ0n) is 22.1. The van der Waals surface area contributed by atoms with Crippen LogP contribution in [0.4, 0.5) is 4.39 Å². The van der Waals surface area contributed by atoms with Crippen molar-refractivity contribution in [3.63, 3.8) is 0 Å². The molecular weight excluding hydrogens is 515 g/mol. The Labute approximate surface area is 230 Å². The average Bonchev–Trinajstić information content (AvgIpc) is 3.31. The summed E-state index contributed by atoms with van der Waals surface area (Å²) in [7, 11) is 0. The number of aliphatic hydroxyl groups excluding tert-OH is 1. The summed E-state index contributed by atoms with van der Waals surface area (Å²) in [5.41, 5.74) is 2.51. The number of aromatic hydroxyl groups is 1. The number of hydrogen-bond acceptors (Lipinski definition) is 8. The Morgan fingerprint density at radius 1 is 1.12 bits per heavy atom. The number of pyridine rings is 1. The zero-order chi connectivity index (χ0) is 28.2. The van der Waals surface area contributed by atoms with Crippen molar-refractivity contribution in [2.45, 2.75) is 26.5 Å². The van der Waals surface area contributed by atoms with Crippen molar-refractivity contribution in [1.29, 1.82) is 0 Å². The second-order valence-corrected chi connectivity index (χ2v) is 9.22. The number of carbonyl (C=O) groups excluding carboxylic acids is 1. The van der Waals surface area contributed by atoms with E-state index in [0.29, 0.717) is 44.5 Å². The molecule has 2 heterocycles. The zero-order valence-corrected chi connectivity index (χ0v) is 22.1. The summed E-state index contributed by atoms with van der Waals surface area (Å²) in [5, 5.41) is 26.3. The molecule has 0 radical (unpaired) electrons. The first-order valence-electron chi connectivity index (χ1n) is 12.9. The molecule has 1 unspecified atom stereocenters. The van der Waals surface area contributed by atoms with Crippen molar-refractivity contribution < 1.29 is 33.3 Å². The van der Waals surface area contributed by atoms with E-state index in [2.05, 4.69) is 10.3 Å². The minimum atomic E-state index is -0.694. The Balaban J connectivity index is 1.67. The Kier molecular flexibility index (Phi) is 7.95. The summed E-state index contributed by atoms with van der Waals surface area (Å²) in [6, 6.07) is 16.0. The van der Waals surface area contributed by atoms with Crippen molar-refractivity contribution in [2.75, 3.05) is 19.8 Å². The predicted octanol–water partition coefficient (Wildman–Crippen LogP) is 5.56. The molecule has 0 aliphatic carbocycles. The summed E-state index contributed by atoms with van der Waals surface area (Å²) in [4.78, 5) is 17.4. The molecule has 9 heteroatoms. The Hall–Kier alpha value is -4.47. The average molecular weight is 545 g/mol. The first kappa shape index (κ1) is 27.1. The van der Waals surface area contributed by atoms with Crippen LogP contribution < -0.4 is 10.1 Å². The van der Waals surface area contributed by atoms with Gasteiger partial charge in [-0.2, -0.15) is 0 Å². The largest absolute Gasteiger partial charge is 0.507 e. The number of aromatic nitrogens is 1. The van der Waals surface area contributed by atoms with E-state index in [1.54, 1.807) is 50.4 Å². The predicted molar refractivity (Wildman–Crippen MR) is 148 cm³/mol. The van der Waals surface area contributed by atoms with Crippen LogP contribution >= 0.6 is 0 Å². The van der Waals surface area contributed by atoms with Crippen LogP contribution in [0.1, 0.15) is 45.8 Å². The minimum Gasteiger partial charge on any atom is -0.507 e. The van der Waals surface area contributed by atoms with Gasteiger partial charge in [0.05, 0.1) is 19.3 Å². The van der Waals surface area contributed by atoms with E-state index in [0.717, 1.165) is 5.56 Å². The number of esters is 1. The SMILES string of the molecule is CCOC(=O)c1c(C)oc2c1c(C(NCCO)c1ccnc(OCc3ccc(F)cc3)c1)c(O)c1ccccc12. The van der Waals surface area contributed by atoms with Crippen LogP contribution in [0.25, 0.3) is 21.7 Å². The number of benzene rings is 3. The number of phenolic OH excluding ortho intramolecular Hbond substituents is 1. The highest BCUT2D eigenvalue weighted by atomic mass is 19.1. The lowest BCUT2D eigenvalue weighted by atomic mass is 9.90. The number of aliphatic hydroxyl groups is 1. The van der Waals surface area contributed by atoms with Crippen molar-refractivity contribution >= 4 is 27.7 Å². The number of furan rings is 1. The van der Waals surface area contributed by atoms with Gasteiger partial charge >= 0.3 is 5.97 Å². The van der Waals surface area contributed by atoms with Gasteiger partial charge in [0.15, 0.2) is 0 Å². The maximum Gasteiger partial charge on any atom is 0.342 e. The Morgan fingerprint density at radius 3 is 2.60 bits per heavy atom. The summed E-state index contributed by atoms with van der Waals surface area (Å²) in [6.07, 6.45) is 1.57. The molecule has 0 saturated heterocycles. The summed E-state index contributed by atoms with van der Waals surface area (Å²) >= 11 is 0. The molecular formula is C31H29FN2O6. The molecule has 0 bridgehead atoms. The Bertz CT molecular complexity index is 1660. The number of ether oxygens (including phenoxy) is 2. The molecule has 3 aromatic carbocycles. The number of rotatable bonds is 10. The quantitative estimate of drug-likeness (QED) is 0.196. The van der Waals surface area contributed by atoms with E-state index < -0.39 is 12.0 Å². The third-order valence-electron chi connectivity index (χ3n) is 6.66. The maximum atomic E-state index is 13.3. The third-order valence-corrected chi connectivity index (χ3v) is 6.66. The maximum absolute atomic E-state index is 13.3. The van der Waals surface area contributed by atoms with Gasteiger partial charge in [0.1, 0.15) is 35.1 Å². The van der Waals surface area contributed by atoms with E-state index in [-0.39, 0.29) is 43.5 Å². The van der Waals surface area contributed by atoms with Crippen LogP contribution in [0.2, 0.25) is 0 Å². The second-order valence-electron chi connectivity index (χ2n) is 9.22. The van der Waals surface area contributed by atoms with Gasteiger partial charge in [-0.3, -0.25) is 0 Å². The highest BCUT2D eigenvalue weighted by Crippen LogP contribution is 2.45. The van der Waals surface area contributed by atoms with Crippen LogP contribution in [-0.2, 0) is 11.3 Å². The van der Waals surface area contributed by atoms with Crippen LogP contribution in [0.15, 0.2) is 71.3 Å². The van der Waals surface area contributed by atoms with Gasteiger partial charge in [0.25, 0.3) is 0 Å². The molecule has 0 fully saturated rings. The molecule has 2 aromatic heterocycles. The molecule has 5 aromatic rings. The van der Waals surface area contributed by atoms with Crippen LogP contribution in [0.3, 0.4) is 0 Å². The summed E-state index contributed by atoms with van der Waals surface area (Å²) in [5.74, 6) is -0.253. The van der Waals surface area contributed by atoms with E-state index >= 15 is 0 Å². The number of hydrogen-bond donors (Lipinski definition) is 3. The highest BCUT2D eigenvalue weighted by Gasteiger charge is 2.31. The van der Waals surface area contributed by atoms with Gasteiger partial charge in [-0.05, 0) is 43.2 Å². The van der Waals surface area contributed by atoms with E-state index in [1.165, 1.54) is 12.1 Å². The molecule has 0 spiro atoms. The monoisotopic (exact) mass is 544 g/mol. The molecule has 0 aliphatic heterocycles. The molecule has 0 aliphatic rings. The highest BCUT2D eigenvalue weighted by molar-refractivity contribution is 6.16. The first-order valence-corrected chi connectivity index (χ1v) is 12.9. The Morgan fingerprint density at radius 2 is 1.88 bits per heavy atom. The molecule has 3 N–H and O–H groups in total. The second kappa shape index (κ2) is 11.7. The molecule has 40 heavy (non-hydrogen) atoms. The van der Waals surface area contributed by atoms with Gasteiger partial charge in [-0.15, -0.1) is 0 Å². The van der Waals surface area contributed by atoms with E-state index in [9.17, 15) is 19.4 Å². The number of halogens is 1. The van der Waals surface area contributed by atoms with Gasteiger partial charge in [-0.1, -0.05) is 36.4 Å². The van der Waals surface area contributed by atoms with Crippen molar-refractivity contribution in [2.24, 2.45) is 0 Å². The molecule has 8 nitrogen and oxygen atoms in total. The van der Waals surface area contributed by atoms with E-state index in [4.69, 9.17) is 13.9 Å². The van der Waals surface area contributed by atoms with Gasteiger partial charge in [0, 0.05) is 40.5 Å². The van der Waals surface area contributed by atoms with Gasteiger partial charge in [-0.25, -0.2) is 14.2 Å². The van der Waals surface area contributed by atoms with Crippen molar-refractivity contribution in [1.82, 2.24) is 10.3 Å². The summed E-state index contributed by atoms with van der Waals surface area (Å²) < 4.78 is 30.7. The molecule has 206 valence electrons. The number of nitrogens with one attached hydrogen (secondary N) is 1. The third kappa shape index (κ3) is 5.21. The molecule has 1 atom stereocenters. The normalized spacial score (nSPS) is 12.1. The fourth-order valence-corrected chi connectivity index (χ4v) is 4.89. The number of phenols is 1. The topological polar surface area (TPSA) is 114 Å². The minimum absolute atomic E-state index is 0.0320. The lowest BCUT2D eigenvalue weighted by molar-refractivity contribution is 0.0526. The number of carbonyl (C=O) groups is 1. The lowest BCUT2D eigenvalue weighted by Crippen LogP contribution is -2.26. The molecule has 0 amide bonds. The van der Waals surface area contributed by atoms with Crippen molar-refractivity contribution in [3.05, 3.63) is 101 Å². The van der Waals surface area contributed by atoms with Crippen LogP contribution in [0.5, 0.6) is 11.6 Å². The first-order chi connectivity index (χ1) is 19.4. The number of nitrogens with zero attached hydrogens (tertiary/aromatic N) is 1. The number of fused-ring (bicyclic) bond motifs is 3. The van der Waals surface area contributed by atoms with Gasteiger partial charge < -0.3 is 29.4 Å². The standard InChI is InChI=1S/C31H29FN2O6/c1-3-38-31(37)25-18(2)40-30-23-7-5-4-6-22(23)29(36)27(26(25)30)28(34-14-15-35)20-12-13-33-24(16-20)39-17-19-8-10-21(32)11-9-19/h4-13,16,28,34-36H,3,14-15,17H2,1-2H3.